The first-order valence-corrected chi connectivity index (χ1v) is 13.6. The van der Waals surface area contributed by atoms with Gasteiger partial charge in [0.2, 0.25) is 0 Å². The Balaban J connectivity index is 3.72. The maximum absolute atomic E-state index is 5.54. The van der Waals surface area contributed by atoms with Crippen LogP contribution < -0.4 is 0 Å². The third-order valence-electron chi connectivity index (χ3n) is 3.47. The molecule has 0 bridgehead atoms. The van der Waals surface area contributed by atoms with Crippen molar-refractivity contribution in [3.05, 3.63) is 12.2 Å². The second kappa shape index (κ2) is 6.01. The van der Waals surface area contributed by atoms with Gasteiger partial charge in [-0.1, -0.05) is 50.9 Å². The van der Waals surface area contributed by atoms with Crippen LogP contribution in [0.15, 0.2) is 12.2 Å². The predicted molar refractivity (Wildman–Crippen MR) is 75.9 cm³/mol. The third kappa shape index (κ3) is 6.33. The molecule has 0 aliphatic rings. The molecule has 0 aliphatic heterocycles. The Kier molecular flexibility index (Phi) is 6.07. The zero-order chi connectivity index (χ0) is 12.1. The summed E-state index contributed by atoms with van der Waals surface area (Å²) in [4.78, 5) is 0. The lowest BCUT2D eigenvalue weighted by atomic mass is 10.4. The van der Waals surface area contributed by atoms with Crippen molar-refractivity contribution in [2.75, 3.05) is 13.2 Å². The molecule has 0 aromatic carbocycles. The lowest BCUT2D eigenvalue weighted by Crippen LogP contribution is -2.52. The summed E-state index contributed by atoms with van der Waals surface area (Å²) in [7, 11) is -1.85. The van der Waals surface area contributed by atoms with E-state index in [1.165, 1.54) is 12.5 Å². The van der Waals surface area contributed by atoms with Gasteiger partial charge >= 0.3 is 0 Å². The topological polar surface area (TPSA) is 9.23 Å². The highest BCUT2D eigenvalue weighted by Gasteiger charge is 2.35. The SMILES string of the molecule is C=C(C)COCCC[Si](C)(C)[Si](C)(C)C. The summed E-state index contributed by atoms with van der Waals surface area (Å²) in [5.41, 5.74) is 1.12. The molecule has 0 aromatic heterocycles. The lowest BCUT2D eigenvalue weighted by Gasteiger charge is -2.35. The molecule has 0 saturated carbocycles. The third-order valence-corrected chi connectivity index (χ3v) is 22.1. The minimum Gasteiger partial charge on any atom is -0.377 e. The lowest BCUT2D eigenvalue weighted by molar-refractivity contribution is 0.157. The van der Waals surface area contributed by atoms with Gasteiger partial charge in [0.25, 0.3) is 0 Å². The van der Waals surface area contributed by atoms with E-state index in [2.05, 4.69) is 39.3 Å². The largest absolute Gasteiger partial charge is 0.377 e. The standard InChI is InChI=1S/C12H28OSi2/c1-12(2)11-13-9-8-10-15(6,7)14(3,4)5/h1,8-11H2,2-7H3. The van der Waals surface area contributed by atoms with Crippen LogP contribution in [0.25, 0.3) is 0 Å². The molecule has 0 radical (unpaired) electrons. The maximum atomic E-state index is 5.54. The molecule has 15 heavy (non-hydrogen) atoms. The molecule has 0 spiro atoms. The molecule has 0 saturated heterocycles. The summed E-state index contributed by atoms with van der Waals surface area (Å²) in [6.07, 6.45) is 1.23. The Hall–Kier alpha value is 0.134. The van der Waals surface area contributed by atoms with Gasteiger partial charge in [-0.3, -0.25) is 0 Å². The van der Waals surface area contributed by atoms with Crippen molar-refractivity contribution >= 4 is 15.2 Å². The molecule has 0 fully saturated rings. The highest BCUT2D eigenvalue weighted by atomic mass is 29.3. The van der Waals surface area contributed by atoms with Gasteiger partial charge in [-0.15, -0.1) is 0 Å². The monoisotopic (exact) mass is 244 g/mol. The number of ether oxygens (including phenoxy) is 1. The van der Waals surface area contributed by atoms with Crippen LogP contribution in [0.3, 0.4) is 0 Å². The Labute approximate surface area is 97.7 Å². The Morgan fingerprint density at radius 1 is 1.13 bits per heavy atom. The fourth-order valence-corrected chi connectivity index (χ4v) is 5.80. The fourth-order valence-electron chi connectivity index (χ4n) is 1.24. The Morgan fingerprint density at radius 2 is 1.67 bits per heavy atom. The smallest absolute Gasteiger partial charge is 0.0671 e. The van der Waals surface area contributed by atoms with E-state index >= 15 is 0 Å². The summed E-state index contributed by atoms with van der Waals surface area (Å²) in [6.45, 7) is 20.1. The van der Waals surface area contributed by atoms with Crippen LogP contribution >= 0.6 is 0 Å². The van der Waals surface area contributed by atoms with Gasteiger partial charge in [0, 0.05) is 21.8 Å². The van der Waals surface area contributed by atoms with Crippen molar-refractivity contribution in [3.63, 3.8) is 0 Å². The second-order valence-electron chi connectivity index (χ2n) is 6.25. The van der Waals surface area contributed by atoms with Crippen molar-refractivity contribution in [2.45, 2.75) is 52.1 Å². The van der Waals surface area contributed by atoms with Gasteiger partial charge in [0.15, 0.2) is 0 Å². The number of hydrogen-bond donors (Lipinski definition) is 0. The summed E-state index contributed by atoms with van der Waals surface area (Å²) < 4.78 is 5.54. The molecule has 1 nitrogen and oxygen atoms in total. The first-order valence-electron chi connectivity index (χ1n) is 5.89. The van der Waals surface area contributed by atoms with Crippen molar-refractivity contribution in [3.8, 4) is 0 Å². The van der Waals surface area contributed by atoms with Gasteiger partial charge in [-0.2, -0.15) is 0 Å². The normalized spacial score (nSPS) is 12.9. The summed E-state index contributed by atoms with van der Waals surface area (Å²) in [5.74, 6) is 0. The molecule has 0 rings (SSSR count). The van der Waals surface area contributed by atoms with Crippen LogP contribution in [0.2, 0.25) is 38.8 Å². The van der Waals surface area contributed by atoms with E-state index in [0.717, 1.165) is 18.8 Å². The van der Waals surface area contributed by atoms with E-state index in [4.69, 9.17) is 4.74 Å². The summed E-state index contributed by atoms with van der Waals surface area (Å²) >= 11 is 0. The van der Waals surface area contributed by atoms with Gasteiger partial charge in [0.1, 0.15) is 0 Å². The number of rotatable bonds is 7. The molecule has 3 heteroatoms. The molecular formula is C12H28OSi2. The van der Waals surface area contributed by atoms with Crippen LogP contribution in [0, 0.1) is 0 Å². The fraction of sp³-hybridized carbons (Fsp3) is 0.833. The van der Waals surface area contributed by atoms with Crippen LogP contribution in [-0.2, 0) is 4.74 Å². The van der Waals surface area contributed by atoms with E-state index in [1.54, 1.807) is 0 Å². The molecule has 0 aliphatic carbocycles. The van der Waals surface area contributed by atoms with Gasteiger partial charge in [-0.25, -0.2) is 0 Å². The van der Waals surface area contributed by atoms with Crippen molar-refractivity contribution in [1.82, 2.24) is 0 Å². The quantitative estimate of drug-likeness (QED) is 0.372. The van der Waals surface area contributed by atoms with Gasteiger partial charge < -0.3 is 4.74 Å². The molecule has 0 unspecified atom stereocenters. The van der Waals surface area contributed by atoms with Gasteiger partial charge in [-0.05, 0) is 13.3 Å². The Morgan fingerprint density at radius 3 is 2.07 bits per heavy atom. The average Bonchev–Trinajstić information content (AvgIpc) is 2.00. The summed E-state index contributed by atoms with van der Waals surface area (Å²) in [5, 5.41) is 0. The van der Waals surface area contributed by atoms with Crippen LogP contribution in [-0.4, -0.2) is 28.4 Å². The molecule has 0 N–H and O–H groups in total. The van der Waals surface area contributed by atoms with Crippen molar-refractivity contribution in [2.24, 2.45) is 0 Å². The van der Waals surface area contributed by atoms with Crippen molar-refractivity contribution in [1.29, 1.82) is 0 Å². The van der Waals surface area contributed by atoms with Crippen molar-refractivity contribution < 1.29 is 4.74 Å². The zero-order valence-corrected chi connectivity index (χ0v) is 13.4. The number of hydrogen-bond acceptors (Lipinski definition) is 1. The molecule has 0 heterocycles. The average molecular weight is 245 g/mol. The van der Waals surface area contributed by atoms with E-state index in [1.807, 2.05) is 6.92 Å². The van der Waals surface area contributed by atoms with Crippen LogP contribution in [0.1, 0.15) is 13.3 Å². The first-order chi connectivity index (χ1) is 6.67. The van der Waals surface area contributed by atoms with E-state index in [9.17, 15) is 0 Å². The van der Waals surface area contributed by atoms with Crippen LogP contribution in [0.5, 0.6) is 0 Å². The predicted octanol–water partition coefficient (Wildman–Crippen LogP) is 4.09. The minimum absolute atomic E-state index is 0.731. The molecule has 90 valence electrons. The Bertz CT molecular complexity index is 204. The van der Waals surface area contributed by atoms with E-state index < -0.39 is 15.2 Å². The maximum Gasteiger partial charge on any atom is 0.0671 e. The van der Waals surface area contributed by atoms with E-state index in [0.29, 0.717) is 0 Å². The molecular weight excluding hydrogens is 216 g/mol. The minimum atomic E-state index is -0.946. The first kappa shape index (κ1) is 15.1. The second-order valence-corrected chi connectivity index (χ2v) is 23.6. The summed E-state index contributed by atoms with van der Waals surface area (Å²) in [6, 6.07) is 1.42. The highest BCUT2D eigenvalue weighted by molar-refractivity contribution is 7.40. The van der Waals surface area contributed by atoms with Gasteiger partial charge in [0.05, 0.1) is 6.61 Å². The highest BCUT2D eigenvalue weighted by Crippen LogP contribution is 2.24. The zero-order valence-electron chi connectivity index (χ0n) is 11.4. The molecule has 0 atom stereocenters. The molecule has 0 amide bonds. The van der Waals surface area contributed by atoms with E-state index in [-0.39, 0.29) is 0 Å². The molecule has 0 aromatic rings. The van der Waals surface area contributed by atoms with Crippen LogP contribution in [0.4, 0.5) is 0 Å².